The minimum absolute atomic E-state index is 0.149. The molecule has 0 N–H and O–H groups in total. The number of hydrogen-bond donors (Lipinski definition) is 1. The van der Waals surface area contributed by atoms with Crippen LogP contribution in [0.4, 0.5) is 0 Å². The Hall–Kier alpha value is 0.0749. The molecule has 1 unspecified atom stereocenters. The highest BCUT2D eigenvalue weighted by Gasteiger charge is 2.48. The van der Waals surface area contributed by atoms with Gasteiger partial charge in [0.15, 0.2) is 0 Å². The van der Waals surface area contributed by atoms with Crippen molar-refractivity contribution < 1.29 is 9.31 Å². The first-order chi connectivity index (χ1) is 7.24. The van der Waals surface area contributed by atoms with Crippen molar-refractivity contribution in [1.29, 1.82) is 0 Å². The third kappa shape index (κ3) is 3.28. The maximum atomic E-state index is 6.00. The first-order valence-corrected chi connectivity index (χ1v) is 6.39. The zero-order chi connectivity index (χ0) is 12.5. The number of hydrogen-bond acceptors (Lipinski definition) is 3. The van der Waals surface area contributed by atoms with Gasteiger partial charge in [-0.05, 0) is 31.6 Å². The van der Waals surface area contributed by atoms with Gasteiger partial charge < -0.3 is 9.31 Å². The molecule has 0 aromatic carbocycles. The first-order valence-electron chi connectivity index (χ1n) is 5.94. The van der Waals surface area contributed by atoms with Gasteiger partial charge in [-0.2, -0.15) is 0 Å². The highest BCUT2D eigenvalue weighted by atomic mass is 32.1. The predicted octanol–water partition coefficient (Wildman–Crippen LogP) is 3.55. The van der Waals surface area contributed by atoms with Gasteiger partial charge in [0.05, 0.1) is 11.7 Å². The van der Waals surface area contributed by atoms with Gasteiger partial charge in [0.25, 0.3) is 0 Å². The smallest absolute Gasteiger partial charge is 0.405 e. The summed E-state index contributed by atoms with van der Waals surface area (Å²) in [6.07, 6.45) is 2.24. The third-order valence-electron chi connectivity index (χ3n) is 2.92. The van der Waals surface area contributed by atoms with E-state index in [0.717, 1.165) is 4.91 Å². The van der Waals surface area contributed by atoms with E-state index in [4.69, 9.17) is 9.31 Å². The number of rotatable bonds is 3. The van der Waals surface area contributed by atoms with Gasteiger partial charge in [0.2, 0.25) is 0 Å². The topological polar surface area (TPSA) is 18.5 Å². The minimum Gasteiger partial charge on any atom is -0.405 e. The van der Waals surface area contributed by atoms with Crippen molar-refractivity contribution in [3.05, 3.63) is 11.0 Å². The van der Waals surface area contributed by atoms with E-state index in [2.05, 4.69) is 53.3 Å². The largest absolute Gasteiger partial charge is 0.464 e. The van der Waals surface area contributed by atoms with Crippen molar-refractivity contribution in [1.82, 2.24) is 0 Å². The zero-order valence-electron chi connectivity index (χ0n) is 11.2. The second-order valence-corrected chi connectivity index (χ2v) is 6.26. The fourth-order valence-electron chi connectivity index (χ4n) is 2.35. The Bertz CT molecular complexity index is 272. The molecule has 0 aromatic heterocycles. The van der Waals surface area contributed by atoms with Gasteiger partial charge in [-0.3, -0.25) is 0 Å². The molecule has 16 heavy (non-hydrogen) atoms. The normalized spacial score (nSPS) is 27.6. The molecule has 1 rings (SSSR count). The fraction of sp³-hybridized carbons (Fsp3) is 0.833. The molecular weight excluding hydrogens is 219 g/mol. The Kier molecular flexibility index (Phi) is 4.55. The molecule has 4 heteroatoms. The summed E-state index contributed by atoms with van der Waals surface area (Å²) in [4.78, 5) is 1.01. The molecule has 2 atom stereocenters. The van der Waals surface area contributed by atoms with Crippen LogP contribution in [0.1, 0.15) is 41.5 Å². The standard InChI is InChI=1S/C12H23BO2S/c1-8(2)11-12(5,6)15-13(14-11)9(3)7-10(4)16/h7-9,11,16H,1-6H3/b10-7-/t9-,11?/m0/s1. The van der Waals surface area contributed by atoms with Crippen molar-refractivity contribution in [3.8, 4) is 0 Å². The molecule has 2 nitrogen and oxygen atoms in total. The van der Waals surface area contributed by atoms with Crippen LogP contribution in [0.2, 0.25) is 5.82 Å². The number of allylic oxidation sites excluding steroid dienone is 2. The SMILES string of the molecule is C/C(S)=C/[C@H](C)B1OC(C(C)C)C(C)(C)O1. The summed E-state index contributed by atoms with van der Waals surface area (Å²) < 4.78 is 12.0. The second kappa shape index (κ2) is 5.15. The molecule has 1 aliphatic heterocycles. The van der Waals surface area contributed by atoms with Crippen LogP contribution >= 0.6 is 12.6 Å². The average molecular weight is 242 g/mol. The molecule has 0 aromatic rings. The Morgan fingerprint density at radius 3 is 2.31 bits per heavy atom. The Morgan fingerprint density at radius 1 is 1.38 bits per heavy atom. The van der Waals surface area contributed by atoms with E-state index < -0.39 is 0 Å². The highest BCUT2D eigenvalue weighted by molar-refractivity contribution is 7.84. The molecule has 1 fully saturated rings. The van der Waals surface area contributed by atoms with Crippen molar-refractivity contribution in [2.45, 2.75) is 59.1 Å². The fourth-order valence-corrected chi connectivity index (χ4v) is 2.59. The van der Waals surface area contributed by atoms with Crippen molar-refractivity contribution in [2.75, 3.05) is 0 Å². The van der Waals surface area contributed by atoms with Crippen molar-refractivity contribution in [3.63, 3.8) is 0 Å². The van der Waals surface area contributed by atoms with Crippen LogP contribution in [0.15, 0.2) is 11.0 Å². The lowest BCUT2D eigenvalue weighted by atomic mass is 9.73. The molecule has 0 radical (unpaired) electrons. The molecule has 1 aliphatic rings. The first kappa shape index (κ1) is 14.1. The van der Waals surface area contributed by atoms with Crippen LogP contribution in [-0.2, 0) is 9.31 Å². The molecular formula is C12H23BO2S. The van der Waals surface area contributed by atoms with Crippen LogP contribution in [0.25, 0.3) is 0 Å². The van der Waals surface area contributed by atoms with Gasteiger partial charge in [0.1, 0.15) is 0 Å². The quantitative estimate of drug-likeness (QED) is 0.602. The lowest BCUT2D eigenvalue weighted by Crippen LogP contribution is -2.36. The van der Waals surface area contributed by atoms with Crippen LogP contribution in [0, 0.1) is 5.92 Å². The van der Waals surface area contributed by atoms with E-state index in [-0.39, 0.29) is 24.6 Å². The monoisotopic (exact) mass is 242 g/mol. The van der Waals surface area contributed by atoms with Crippen LogP contribution in [-0.4, -0.2) is 18.8 Å². The van der Waals surface area contributed by atoms with Crippen LogP contribution in [0.3, 0.4) is 0 Å². The lowest BCUT2D eigenvalue weighted by Gasteiger charge is -2.28. The summed E-state index contributed by atoms with van der Waals surface area (Å²) in [6, 6.07) is 0. The minimum atomic E-state index is -0.203. The summed E-state index contributed by atoms with van der Waals surface area (Å²) in [6.45, 7) is 12.6. The molecule has 1 saturated heterocycles. The van der Waals surface area contributed by atoms with E-state index in [1.807, 2.05) is 6.92 Å². The number of thiol groups is 1. The maximum absolute atomic E-state index is 6.00. The summed E-state index contributed by atoms with van der Waals surface area (Å²) >= 11 is 4.29. The predicted molar refractivity (Wildman–Crippen MR) is 72.8 cm³/mol. The van der Waals surface area contributed by atoms with Crippen LogP contribution in [0.5, 0.6) is 0 Å². The van der Waals surface area contributed by atoms with Crippen molar-refractivity contribution >= 4 is 19.7 Å². The summed E-state index contributed by atoms with van der Waals surface area (Å²) in [5, 5.41) is 0. The van der Waals surface area contributed by atoms with E-state index in [1.165, 1.54) is 0 Å². The molecule has 0 amide bonds. The maximum Gasteiger partial charge on any atom is 0.464 e. The Morgan fingerprint density at radius 2 is 1.94 bits per heavy atom. The Balaban J connectivity index is 2.72. The zero-order valence-corrected chi connectivity index (χ0v) is 12.0. The summed E-state index contributed by atoms with van der Waals surface area (Å²) in [5.74, 6) is 0.703. The van der Waals surface area contributed by atoms with Gasteiger partial charge in [-0.1, -0.05) is 26.8 Å². The van der Waals surface area contributed by atoms with Gasteiger partial charge in [-0.25, -0.2) is 0 Å². The lowest BCUT2D eigenvalue weighted by molar-refractivity contribution is 0.0438. The Labute approximate surface area is 105 Å². The average Bonchev–Trinajstić information content (AvgIpc) is 2.40. The summed E-state index contributed by atoms with van der Waals surface area (Å²) in [7, 11) is -0.149. The van der Waals surface area contributed by atoms with Crippen molar-refractivity contribution in [2.24, 2.45) is 5.92 Å². The second-order valence-electron chi connectivity index (χ2n) is 5.56. The molecule has 0 saturated carbocycles. The molecule has 0 spiro atoms. The van der Waals surface area contributed by atoms with Gasteiger partial charge in [-0.15, -0.1) is 12.6 Å². The summed E-state index contributed by atoms with van der Waals surface area (Å²) in [5.41, 5.74) is -0.203. The van der Waals surface area contributed by atoms with Crippen LogP contribution < -0.4 is 0 Å². The van der Waals surface area contributed by atoms with E-state index in [9.17, 15) is 0 Å². The van der Waals surface area contributed by atoms with E-state index >= 15 is 0 Å². The van der Waals surface area contributed by atoms with E-state index in [0.29, 0.717) is 5.92 Å². The molecule has 1 heterocycles. The third-order valence-corrected chi connectivity index (χ3v) is 3.07. The van der Waals surface area contributed by atoms with Gasteiger partial charge >= 0.3 is 7.12 Å². The van der Waals surface area contributed by atoms with E-state index in [1.54, 1.807) is 0 Å². The highest BCUT2D eigenvalue weighted by Crippen LogP contribution is 2.36. The molecule has 0 bridgehead atoms. The molecule has 0 aliphatic carbocycles. The van der Waals surface area contributed by atoms with Gasteiger partial charge in [0, 0.05) is 5.82 Å². The molecule has 92 valence electrons.